The molecule has 1 aromatic heterocycles. The first-order chi connectivity index (χ1) is 7.49. The molecule has 0 bridgehead atoms. The summed E-state index contributed by atoms with van der Waals surface area (Å²) in [5, 5.41) is 8.63. The van der Waals surface area contributed by atoms with Crippen LogP contribution in [0.4, 0.5) is 0 Å². The number of nitrogens with zero attached hydrogens (tertiary/aromatic N) is 1. The number of nitrogens with two attached hydrogens (primary N) is 1. The molecule has 0 spiro atoms. The molecule has 0 aliphatic rings. The summed E-state index contributed by atoms with van der Waals surface area (Å²) >= 11 is 0. The summed E-state index contributed by atoms with van der Waals surface area (Å²) in [6.07, 6.45) is 0.436. The molecule has 0 saturated carbocycles. The fourth-order valence-corrected chi connectivity index (χ4v) is 1.40. The molecule has 3 N–H and O–H groups in total. The maximum Gasteiger partial charge on any atom is 0.320 e. The summed E-state index contributed by atoms with van der Waals surface area (Å²) in [7, 11) is 1.91. The number of carboxylic acid groups (broad SMARTS) is 1. The molecule has 1 unspecified atom stereocenters. The van der Waals surface area contributed by atoms with E-state index in [1.165, 1.54) is 0 Å². The third-order valence-corrected chi connectivity index (χ3v) is 2.36. The van der Waals surface area contributed by atoms with Crippen LogP contribution in [0, 0.1) is 6.92 Å². The summed E-state index contributed by atoms with van der Waals surface area (Å²) < 4.78 is 5.42. The molecule has 0 radical (unpaired) electrons. The summed E-state index contributed by atoms with van der Waals surface area (Å²) in [5.74, 6) is 0.803. The van der Waals surface area contributed by atoms with Gasteiger partial charge in [0.1, 0.15) is 17.6 Å². The second kappa shape index (κ2) is 5.67. The van der Waals surface area contributed by atoms with Gasteiger partial charge in [0.05, 0.1) is 6.54 Å². The molecular weight excluding hydrogens is 208 g/mol. The van der Waals surface area contributed by atoms with E-state index in [0.717, 1.165) is 11.5 Å². The molecule has 90 valence electrons. The number of carboxylic acids is 1. The van der Waals surface area contributed by atoms with Crippen molar-refractivity contribution in [3.63, 3.8) is 0 Å². The van der Waals surface area contributed by atoms with Gasteiger partial charge in [-0.15, -0.1) is 0 Å². The van der Waals surface area contributed by atoms with Crippen LogP contribution in [0.15, 0.2) is 16.5 Å². The molecule has 16 heavy (non-hydrogen) atoms. The lowest BCUT2D eigenvalue weighted by Crippen LogP contribution is -2.34. The van der Waals surface area contributed by atoms with E-state index in [2.05, 4.69) is 0 Å². The zero-order valence-corrected chi connectivity index (χ0v) is 9.64. The largest absolute Gasteiger partial charge is 0.480 e. The Morgan fingerprint density at radius 2 is 2.31 bits per heavy atom. The molecule has 0 amide bonds. The average Bonchev–Trinajstić information content (AvgIpc) is 2.60. The van der Waals surface area contributed by atoms with Crippen LogP contribution in [0.1, 0.15) is 17.9 Å². The minimum absolute atomic E-state index is 0.436. The van der Waals surface area contributed by atoms with E-state index < -0.39 is 12.0 Å². The molecule has 0 fully saturated rings. The molecule has 0 aliphatic carbocycles. The molecular formula is C11H18N2O3. The van der Waals surface area contributed by atoms with Crippen LogP contribution < -0.4 is 5.73 Å². The number of hydrogen-bond donors (Lipinski definition) is 2. The first-order valence-corrected chi connectivity index (χ1v) is 5.21. The van der Waals surface area contributed by atoms with E-state index in [0.29, 0.717) is 19.5 Å². The highest BCUT2D eigenvalue weighted by molar-refractivity contribution is 5.72. The zero-order valence-electron chi connectivity index (χ0n) is 9.64. The highest BCUT2D eigenvalue weighted by atomic mass is 16.4. The fourth-order valence-electron chi connectivity index (χ4n) is 1.40. The van der Waals surface area contributed by atoms with E-state index in [4.69, 9.17) is 15.3 Å². The molecule has 1 heterocycles. The average molecular weight is 226 g/mol. The molecule has 5 heteroatoms. The smallest absolute Gasteiger partial charge is 0.320 e. The highest BCUT2D eigenvalue weighted by Gasteiger charge is 2.12. The van der Waals surface area contributed by atoms with Gasteiger partial charge in [-0.25, -0.2) is 0 Å². The van der Waals surface area contributed by atoms with Crippen LogP contribution in [-0.2, 0) is 11.3 Å². The predicted octanol–water partition coefficient (Wildman–Crippen LogP) is 0.822. The van der Waals surface area contributed by atoms with Crippen molar-refractivity contribution in [1.29, 1.82) is 0 Å². The van der Waals surface area contributed by atoms with Gasteiger partial charge in [-0.3, -0.25) is 9.69 Å². The number of aliphatic carboxylic acids is 1. The molecule has 1 rings (SSSR count). The maximum atomic E-state index is 10.5. The lowest BCUT2D eigenvalue weighted by Gasteiger charge is -2.16. The Bertz CT molecular complexity index is 349. The van der Waals surface area contributed by atoms with Gasteiger partial charge in [-0.1, -0.05) is 0 Å². The SMILES string of the molecule is Cc1ccc(CN(C)CCC(N)C(=O)O)o1. The maximum absolute atomic E-state index is 10.5. The molecule has 1 atom stereocenters. The van der Waals surface area contributed by atoms with E-state index in [9.17, 15) is 4.79 Å². The first-order valence-electron chi connectivity index (χ1n) is 5.21. The second-order valence-electron chi connectivity index (χ2n) is 3.98. The topological polar surface area (TPSA) is 79.7 Å². The van der Waals surface area contributed by atoms with Crippen LogP contribution >= 0.6 is 0 Å². The van der Waals surface area contributed by atoms with E-state index in [-0.39, 0.29) is 0 Å². The number of aryl methyl sites for hydroxylation is 1. The van der Waals surface area contributed by atoms with E-state index in [1.807, 2.05) is 31.0 Å². The molecule has 0 saturated heterocycles. The summed E-state index contributed by atoms with van der Waals surface area (Å²) in [6.45, 7) is 3.19. The standard InChI is InChI=1S/C11H18N2O3/c1-8-3-4-9(16-8)7-13(2)6-5-10(12)11(14)15/h3-4,10H,5-7,12H2,1-2H3,(H,14,15). The third kappa shape index (κ3) is 4.04. The molecule has 5 nitrogen and oxygen atoms in total. The van der Waals surface area contributed by atoms with Gasteiger partial charge in [0.25, 0.3) is 0 Å². The van der Waals surface area contributed by atoms with Crippen molar-refractivity contribution < 1.29 is 14.3 Å². The zero-order chi connectivity index (χ0) is 12.1. The van der Waals surface area contributed by atoms with Gasteiger partial charge in [-0.05, 0) is 32.5 Å². The number of rotatable bonds is 6. The summed E-state index contributed by atoms with van der Waals surface area (Å²) in [4.78, 5) is 12.5. The number of furan rings is 1. The fraction of sp³-hybridized carbons (Fsp3) is 0.545. The molecule has 0 aliphatic heterocycles. The Balaban J connectivity index is 2.31. The van der Waals surface area contributed by atoms with Crippen molar-refractivity contribution >= 4 is 5.97 Å². The normalized spacial score (nSPS) is 13.0. The van der Waals surface area contributed by atoms with Gasteiger partial charge in [-0.2, -0.15) is 0 Å². The Kier molecular flexibility index (Phi) is 4.52. The Labute approximate surface area is 94.8 Å². The van der Waals surface area contributed by atoms with Gasteiger partial charge in [0, 0.05) is 6.54 Å². The highest BCUT2D eigenvalue weighted by Crippen LogP contribution is 2.08. The quantitative estimate of drug-likeness (QED) is 0.750. The van der Waals surface area contributed by atoms with Crippen LogP contribution in [0.25, 0.3) is 0 Å². The Hall–Kier alpha value is -1.33. The van der Waals surface area contributed by atoms with Crippen LogP contribution in [0.2, 0.25) is 0 Å². The molecule has 0 aromatic carbocycles. The molecule has 1 aromatic rings. The van der Waals surface area contributed by atoms with Gasteiger partial charge in [0.2, 0.25) is 0 Å². The third-order valence-electron chi connectivity index (χ3n) is 2.36. The first kappa shape index (κ1) is 12.7. The lowest BCUT2D eigenvalue weighted by atomic mass is 10.2. The Morgan fingerprint density at radius 3 is 2.81 bits per heavy atom. The van der Waals surface area contributed by atoms with Crippen LogP contribution in [0.5, 0.6) is 0 Å². The second-order valence-corrected chi connectivity index (χ2v) is 3.98. The van der Waals surface area contributed by atoms with E-state index >= 15 is 0 Å². The van der Waals surface area contributed by atoms with Crippen molar-refractivity contribution in [2.24, 2.45) is 5.73 Å². The minimum atomic E-state index is -0.956. The van der Waals surface area contributed by atoms with Gasteiger partial charge >= 0.3 is 5.97 Å². The van der Waals surface area contributed by atoms with Gasteiger partial charge < -0.3 is 15.3 Å². The van der Waals surface area contributed by atoms with Crippen molar-refractivity contribution in [2.45, 2.75) is 25.9 Å². The monoisotopic (exact) mass is 226 g/mol. The van der Waals surface area contributed by atoms with E-state index in [1.54, 1.807) is 0 Å². The van der Waals surface area contributed by atoms with Gasteiger partial charge in [0.15, 0.2) is 0 Å². The summed E-state index contributed by atoms with van der Waals surface area (Å²) in [6, 6.07) is 3.04. The predicted molar refractivity (Wildman–Crippen MR) is 60.0 cm³/mol. The van der Waals surface area contributed by atoms with Crippen LogP contribution in [0.3, 0.4) is 0 Å². The van der Waals surface area contributed by atoms with Crippen molar-refractivity contribution in [3.05, 3.63) is 23.7 Å². The van der Waals surface area contributed by atoms with Crippen molar-refractivity contribution in [3.8, 4) is 0 Å². The van der Waals surface area contributed by atoms with Crippen molar-refractivity contribution in [1.82, 2.24) is 4.90 Å². The van der Waals surface area contributed by atoms with Crippen LogP contribution in [-0.4, -0.2) is 35.6 Å². The lowest BCUT2D eigenvalue weighted by molar-refractivity contribution is -0.138. The summed E-state index contributed by atoms with van der Waals surface area (Å²) in [5.41, 5.74) is 5.41. The Morgan fingerprint density at radius 1 is 1.62 bits per heavy atom. The van der Waals surface area contributed by atoms with Crippen molar-refractivity contribution in [2.75, 3.05) is 13.6 Å². The number of carbonyl (C=O) groups is 1. The minimum Gasteiger partial charge on any atom is -0.480 e. The number of hydrogen-bond acceptors (Lipinski definition) is 4.